The molecule has 2 N–H and O–H groups in total. The predicted octanol–water partition coefficient (Wildman–Crippen LogP) is 5.75. The largest absolute Gasteiger partial charge is 0.338 e. The molecule has 0 aliphatic rings. The minimum Gasteiger partial charge on any atom is -0.338 e. The first kappa shape index (κ1) is 17.8. The number of thiazole rings is 1. The average Bonchev–Trinajstić information content (AvgIpc) is 3.10. The van der Waals surface area contributed by atoms with Crippen molar-refractivity contribution in [2.75, 3.05) is 17.6 Å². The van der Waals surface area contributed by atoms with Crippen LogP contribution in [0.3, 0.4) is 0 Å². The van der Waals surface area contributed by atoms with Crippen molar-refractivity contribution in [1.29, 1.82) is 0 Å². The van der Waals surface area contributed by atoms with Crippen molar-refractivity contribution in [2.45, 2.75) is 10.8 Å². The van der Waals surface area contributed by atoms with E-state index in [1.165, 1.54) is 4.70 Å². The molecule has 0 atom stereocenters. The first-order chi connectivity index (χ1) is 13.3. The molecule has 4 rings (SSSR count). The van der Waals surface area contributed by atoms with Gasteiger partial charge in [-0.15, -0.1) is 11.3 Å². The SMILES string of the molecule is O=C(NCCCSc1nc2ccccc2s1)Nc1ccc2ccccc2c1. The molecular weight excluding hydrogens is 374 g/mol. The van der Waals surface area contributed by atoms with E-state index in [0.29, 0.717) is 6.54 Å². The van der Waals surface area contributed by atoms with Gasteiger partial charge in [0.25, 0.3) is 0 Å². The van der Waals surface area contributed by atoms with E-state index < -0.39 is 0 Å². The lowest BCUT2D eigenvalue weighted by Crippen LogP contribution is -2.29. The number of amides is 2. The number of para-hydroxylation sites is 1. The molecule has 0 fully saturated rings. The standard InChI is InChI=1S/C21H19N3OS2/c25-20(23-17-11-10-15-6-1-2-7-16(15)14-17)22-12-5-13-26-21-24-18-8-3-4-9-19(18)27-21/h1-4,6-11,14H,5,12-13H2,(H2,22,23,25). The lowest BCUT2D eigenvalue weighted by atomic mass is 10.1. The zero-order valence-electron chi connectivity index (χ0n) is 14.6. The number of carbonyl (C=O) groups is 1. The Balaban J connectivity index is 1.21. The maximum atomic E-state index is 12.1. The predicted molar refractivity (Wildman–Crippen MR) is 116 cm³/mol. The monoisotopic (exact) mass is 393 g/mol. The molecule has 1 aromatic heterocycles. The number of nitrogens with one attached hydrogen (secondary N) is 2. The van der Waals surface area contributed by atoms with Crippen molar-refractivity contribution in [2.24, 2.45) is 0 Å². The van der Waals surface area contributed by atoms with Crippen molar-refractivity contribution in [1.82, 2.24) is 10.3 Å². The summed E-state index contributed by atoms with van der Waals surface area (Å²) in [6.07, 6.45) is 0.895. The molecule has 0 saturated heterocycles. The number of anilines is 1. The van der Waals surface area contributed by atoms with Gasteiger partial charge in [-0.05, 0) is 41.5 Å². The zero-order valence-corrected chi connectivity index (χ0v) is 16.3. The van der Waals surface area contributed by atoms with E-state index in [9.17, 15) is 4.79 Å². The summed E-state index contributed by atoms with van der Waals surface area (Å²) < 4.78 is 2.30. The molecule has 0 spiro atoms. The molecule has 0 aliphatic heterocycles. The Morgan fingerprint density at radius 3 is 2.70 bits per heavy atom. The van der Waals surface area contributed by atoms with Crippen molar-refractivity contribution in [3.63, 3.8) is 0 Å². The minimum absolute atomic E-state index is 0.171. The molecule has 0 unspecified atom stereocenters. The van der Waals surface area contributed by atoms with Crippen LogP contribution >= 0.6 is 23.1 Å². The van der Waals surface area contributed by atoms with Crippen LogP contribution in [0, 0.1) is 0 Å². The van der Waals surface area contributed by atoms with Crippen LogP contribution in [-0.2, 0) is 0 Å². The Kier molecular flexibility index (Phi) is 5.55. The highest BCUT2D eigenvalue weighted by Gasteiger charge is 2.05. The Bertz CT molecular complexity index is 1040. The van der Waals surface area contributed by atoms with Gasteiger partial charge in [-0.2, -0.15) is 0 Å². The van der Waals surface area contributed by atoms with Gasteiger partial charge >= 0.3 is 6.03 Å². The van der Waals surface area contributed by atoms with Gasteiger partial charge in [0.15, 0.2) is 4.34 Å². The number of hydrogen-bond acceptors (Lipinski definition) is 4. The Morgan fingerprint density at radius 2 is 1.81 bits per heavy atom. The van der Waals surface area contributed by atoms with Gasteiger partial charge in [-0.25, -0.2) is 9.78 Å². The van der Waals surface area contributed by atoms with E-state index in [1.54, 1.807) is 23.1 Å². The van der Waals surface area contributed by atoms with Crippen LogP contribution in [0.4, 0.5) is 10.5 Å². The van der Waals surface area contributed by atoms with E-state index in [0.717, 1.165) is 38.5 Å². The first-order valence-corrected chi connectivity index (χ1v) is 10.6. The molecule has 0 aliphatic carbocycles. The summed E-state index contributed by atoms with van der Waals surface area (Å²) in [5, 5.41) is 8.08. The van der Waals surface area contributed by atoms with Crippen LogP contribution in [0.5, 0.6) is 0 Å². The van der Waals surface area contributed by atoms with Gasteiger partial charge in [-0.1, -0.05) is 54.2 Å². The van der Waals surface area contributed by atoms with E-state index >= 15 is 0 Å². The molecular formula is C21H19N3OS2. The van der Waals surface area contributed by atoms with Crippen LogP contribution in [-0.4, -0.2) is 23.3 Å². The number of fused-ring (bicyclic) bond motifs is 2. The zero-order chi connectivity index (χ0) is 18.5. The third kappa shape index (κ3) is 4.59. The number of rotatable bonds is 6. The maximum Gasteiger partial charge on any atom is 0.319 e. The van der Waals surface area contributed by atoms with Gasteiger partial charge in [-0.3, -0.25) is 0 Å². The van der Waals surface area contributed by atoms with Gasteiger partial charge in [0.1, 0.15) is 0 Å². The number of thioether (sulfide) groups is 1. The highest BCUT2D eigenvalue weighted by atomic mass is 32.2. The topological polar surface area (TPSA) is 54.0 Å². The number of aromatic nitrogens is 1. The van der Waals surface area contributed by atoms with Crippen LogP contribution in [0.15, 0.2) is 71.1 Å². The number of carbonyl (C=O) groups excluding carboxylic acids is 1. The number of nitrogens with zero attached hydrogens (tertiary/aromatic N) is 1. The molecule has 0 saturated carbocycles. The molecule has 0 bridgehead atoms. The molecule has 3 aromatic carbocycles. The van der Waals surface area contributed by atoms with E-state index in [-0.39, 0.29) is 6.03 Å². The van der Waals surface area contributed by atoms with Crippen LogP contribution < -0.4 is 10.6 Å². The molecule has 6 heteroatoms. The van der Waals surface area contributed by atoms with Crippen LogP contribution in [0.25, 0.3) is 21.0 Å². The second-order valence-electron chi connectivity index (χ2n) is 6.09. The van der Waals surface area contributed by atoms with Crippen molar-refractivity contribution in [3.8, 4) is 0 Å². The fourth-order valence-corrected chi connectivity index (χ4v) is 4.87. The molecule has 4 nitrogen and oxygen atoms in total. The summed E-state index contributed by atoms with van der Waals surface area (Å²) in [7, 11) is 0. The average molecular weight is 394 g/mol. The molecule has 1 heterocycles. The highest BCUT2D eigenvalue weighted by molar-refractivity contribution is 8.01. The molecule has 4 aromatic rings. The second-order valence-corrected chi connectivity index (χ2v) is 8.47. The second kappa shape index (κ2) is 8.41. The fraction of sp³-hybridized carbons (Fsp3) is 0.143. The summed E-state index contributed by atoms with van der Waals surface area (Å²) in [5.41, 5.74) is 1.85. The van der Waals surface area contributed by atoms with Crippen LogP contribution in [0.2, 0.25) is 0 Å². The third-order valence-electron chi connectivity index (χ3n) is 4.11. The Morgan fingerprint density at radius 1 is 1.00 bits per heavy atom. The number of hydrogen-bond donors (Lipinski definition) is 2. The van der Waals surface area contributed by atoms with Gasteiger partial charge in [0.05, 0.1) is 10.2 Å². The van der Waals surface area contributed by atoms with Gasteiger partial charge in [0, 0.05) is 18.0 Å². The van der Waals surface area contributed by atoms with Crippen LogP contribution in [0.1, 0.15) is 6.42 Å². The lowest BCUT2D eigenvalue weighted by Gasteiger charge is -2.08. The van der Waals surface area contributed by atoms with E-state index in [4.69, 9.17) is 0 Å². The number of urea groups is 1. The lowest BCUT2D eigenvalue weighted by molar-refractivity contribution is 0.252. The van der Waals surface area contributed by atoms with Crippen molar-refractivity contribution >= 4 is 55.8 Å². The number of benzene rings is 3. The molecule has 27 heavy (non-hydrogen) atoms. The van der Waals surface area contributed by atoms with E-state index in [2.05, 4.69) is 27.8 Å². The smallest absolute Gasteiger partial charge is 0.319 e. The fourth-order valence-electron chi connectivity index (χ4n) is 2.79. The molecule has 0 radical (unpaired) electrons. The molecule has 2 amide bonds. The highest BCUT2D eigenvalue weighted by Crippen LogP contribution is 2.29. The normalized spacial score (nSPS) is 11.0. The maximum absolute atomic E-state index is 12.1. The van der Waals surface area contributed by atoms with Gasteiger partial charge in [0.2, 0.25) is 0 Å². The molecule has 136 valence electrons. The third-order valence-corrected chi connectivity index (χ3v) is 6.38. The quantitative estimate of drug-likeness (QED) is 0.324. The first-order valence-electron chi connectivity index (χ1n) is 8.80. The van der Waals surface area contributed by atoms with Crippen molar-refractivity contribution < 1.29 is 4.79 Å². The van der Waals surface area contributed by atoms with Crippen molar-refractivity contribution in [3.05, 3.63) is 66.7 Å². The Hall–Kier alpha value is -2.57. The van der Waals surface area contributed by atoms with E-state index in [1.807, 2.05) is 54.6 Å². The summed E-state index contributed by atoms with van der Waals surface area (Å²) >= 11 is 3.46. The van der Waals surface area contributed by atoms with Gasteiger partial charge < -0.3 is 10.6 Å². The minimum atomic E-state index is -0.171. The Labute approximate surface area is 166 Å². The summed E-state index contributed by atoms with van der Waals surface area (Å²) in [6, 6.07) is 22.0. The summed E-state index contributed by atoms with van der Waals surface area (Å²) in [5.74, 6) is 0.927. The summed E-state index contributed by atoms with van der Waals surface area (Å²) in [6.45, 7) is 0.636. The summed E-state index contributed by atoms with van der Waals surface area (Å²) in [4.78, 5) is 16.7.